The molecule has 0 aliphatic rings. The lowest BCUT2D eigenvalue weighted by Crippen LogP contribution is -2.37. The van der Waals surface area contributed by atoms with E-state index < -0.39 is 28.6 Å². The summed E-state index contributed by atoms with van der Waals surface area (Å²) in [5.74, 6) is -0.901. The van der Waals surface area contributed by atoms with Crippen LogP contribution in [0, 0.1) is 13.8 Å². The number of ether oxygens (including phenoxy) is 1. The van der Waals surface area contributed by atoms with E-state index in [2.05, 4.69) is 14.6 Å². The number of aromatic nitrogens is 2. The van der Waals surface area contributed by atoms with E-state index in [9.17, 15) is 18.3 Å². The first-order valence-electron chi connectivity index (χ1n) is 5.46. The molecule has 1 heterocycles. The Morgan fingerprint density at radius 2 is 2.11 bits per heavy atom. The van der Waals surface area contributed by atoms with Gasteiger partial charge in [0.2, 0.25) is 10.0 Å². The van der Waals surface area contributed by atoms with Gasteiger partial charge in [-0.1, -0.05) is 0 Å². The van der Waals surface area contributed by atoms with Crippen molar-refractivity contribution in [2.45, 2.75) is 24.8 Å². The maximum absolute atomic E-state index is 12.1. The van der Waals surface area contributed by atoms with E-state index in [0.717, 1.165) is 7.11 Å². The highest BCUT2D eigenvalue weighted by molar-refractivity contribution is 7.89. The molecule has 19 heavy (non-hydrogen) atoms. The van der Waals surface area contributed by atoms with Gasteiger partial charge in [-0.15, -0.1) is 0 Å². The monoisotopic (exact) mass is 291 g/mol. The fourth-order valence-corrected chi connectivity index (χ4v) is 3.10. The largest absolute Gasteiger partial charge is 0.467 e. The molecule has 1 atom stereocenters. The third-order valence-electron chi connectivity index (χ3n) is 2.65. The molecule has 1 aromatic rings. The lowest BCUT2D eigenvalue weighted by Gasteiger charge is -2.10. The normalized spacial score (nSPS) is 13.3. The average Bonchev–Trinajstić information content (AvgIpc) is 2.59. The molecule has 0 aliphatic carbocycles. The minimum atomic E-state index is -3.84. The Labute approximate surface area is 111 Å². The van der Waals surface area contributed by atoms with E-state index in [4.69, 9.17) is 0 Å². The van der Waals surface area contributed by atoms with E-state index in [1.54, 1.807) is 20.9 Å². The molecule has 9 heteroatoms. The zero-order chi connectivity index (χ0) is 14.8. The van der Waals surface area contributed by atoms with Crippen molar-refractivity contribution in [3.05, 3.63) is 11.4 Å². The first-order chi connectivity index (χ1) is 8.70. The number of methoxy groups -OCH3 is 1. The summed E-state index contributed by atoms with van der Waals surface area (Å²) >= 11 is 0. The van der Waals surface area contributed by atoms with Crippen LogP contribution in [0.25, 0.3) is 0 Å². The summed E-state index contributed by atoms with van der Waals surface area (Å²) in [4.78, 5) is 11.0. The molecule has 1 unspecified atom stereocenters. The standard InChI is InChI=1S/C10H17N3O5S/c1-6-9(7(2)13(3)12-6)19(16,17)11-5-8(14)10(15)18-4/h8,11,14H,5H2,1-4H3. The zero-order valence-electron chi connectivity index (χ0n) is 11.2. The van der Waals surface area contributed by atoms with Gasteiger partial charge in [0, 0.05) is 13.6 Å². The van der Waals surface area contributed by atoms with Gasteiger partial charge in [0.1, 0.15) is 4.90 Å². The van der Waals surface area contributed by atoms with Gasteiger partial charge in [0.25, 0.3) is 0 Å². The summed E-state index contributed by atoms with van der Waals surface area (Å²) in [5.41, 5.74) is 0.817. The molecule has 1 aromatic heterocycles. The lowest BCUT2D eigenvalue weighted by atomic mass is 10.4. The van der Waals surface area contributed by atoms with Gasteiger partial charge in [0.15, 0.2) is 6.10 Å². The Balaban J connectivity index is 2.91. The molecule has 0 bridgehead atoms. The van der Waals surface area contributed by atoms with Crippen molar-refractivity contribution < 1.29 is 23.1 Å². The van der Waals surface area contributed by atoms with Crippen LogP contribution in [0.15, 0.2) is 4.90 Å². The fraction of sp³-hybridized carbons (Fsp3) is 0.600. The van der Waals surface area contributed by atoms with Crippen molar-refractivity contribution in [2.75, 3.05) is 13.7 Å². The SMILES string of the molecule is COC(=O)C(O)CNS(=O)(=O)c1c(C)nn(C)c1C. The highest BCUT2D eigenvalue weighted by Gasteiger charge is 2.25. The molecule has 0 saturated carbocycles. The van der Waals surface area contributed by atoms with Crippen LogP contribution in [0.3, 0.4) is 0 Å². The number of aryl methyl sites for hydroxylation is 2. The number of sulfonamides is 1. The number of hydrogen-bond donors (Lipinski definition) is 2. The van der Waals surface area contributed by atoms with E-state index in [0.29, 0.717) is 11.4 Å². The van der Waals surface area contributed by atoms with E-state index in [1.807, 2.05) is 0 Å². The maximum Gasteiger partial charge on any atom is 0.336 e. The number of nitrogens with zero attached hydrogens (tertiary/aromatic N) is 2. The topological polar surface area (TPSA) is 111 Å². The number of nitrogens with one attached hydrogen (secondary N) is 1. The maximum atomic E-state index is 12.1. The van der Waals surface area contributed by atoms with Gasteiger partial charge in [0.05, 0.1) is 18.5 Å². The van der Waals surface area contributed by atoms with Crippen molar-refractivity contribution in [3.8, 4) is 0 Å². The number of aliphatic hydroxyl groups excluding tert-OH is 1. The summed E-state index contributed by atoms with van der Waals surface area (Å²) in [6.07, 6.45) is -1.54. The first kappa shape index (κ1) is 15.6. The molecule has 1 rings (SSSR count). The number of carbonyl (C=O) groups excluding carboxylic acids is 1. The van der Waals surface area contributed by atoms with Crippen LogP contribution in [-0.2, 0) is 26.6 Å². The van der Waals surface area contributed by atoms with Crippen molar-refractivity contribution in [3.63, 3.8) is 0 Å². The average molecular weight is 291 g/mol. The third kappa shape index (κ3) is 3.31. The van der Waals surface area contributed by atoms with Gasteiger partial charge in [-0.2, -0.15) is 5.10 Å². The van der Waals surface area contributed by atoms with Crippen LogP contribution < -0.4 is 4.72 Å². The number of hydrogen-bond acceptors (Lipinski definition) is 6. The van der Waals surface area contributed by atoms with Gasteiger partial charge < -0.3 is 9.84 Å². The van der Waals surface area contributed by atoms with Gasteiger partial charge in [-0.3, -0.25) is 4.68 Å². The number of rotatable bonds is 5. The summed E-state index contributed by atoms with van der Waals surface area (Å²) in [6, 6.07) is 0. The van der Waals surface area contributed by atoms with E-state index in [1.165, 1.54) is 4.68 Å². The fourth-order valence-electron chi connectivity index (χ4n) is 1.62. The summed E-state index contributed by atoms with van der Waals surface area (Å²) in [6.45, 7) is 2.73. The minimum Gasteiger partial charge on any atom is -0.467 e. The molecule has 0 saturated heterocycles. The Morgan fingerprint density at radius 1 is 1.53 bits per heavy atom. The van der Waals surface area contributed by atoms with E-state index in [-0.39, 0.29) is 4.90 Å². The molecule has 0 aliphatic heterocycles. The highest BCUT2D eigenvalue weighted by atomic mass is 32.2. The summed E-state index contributed by atoms with van der Waals surface area (Å²) in [5, 5.41) is 13.3. The predicted molar refractivity (Wildman–Crippen MR) is 65.9 cm³/mol. The molecule has 0 radical (unpaired) electrons. The molecule has 8 nitrogen and oxygen atoms in total. The predicted octanol–water partition coefficient (Wildman–Crippen LogP) is -1.15. The second kappa shape index (κ2) is 5.68. The van der Waals surface area contributed by atoms with Gasteiger partial charge in [-0.05, 0) is 13.8 Å². The summed E-state index contributed by atoms with van der Waals surface area (Å²) in [7, 11) is -1.10. The van der Waals surface area contributed by atoms with Gasteiger partial charge in [-0.25, -0.2) is 17.9 Å². The molecular formula is C10H17N3O5S. The van der Waals surface area contributed by atoms with Crippen LogP contribution in [0.4, 0.5) is 0 Å². The molecule has 0 fully saturated rings. The molecule has 0 amide bonds. The van der Waals surface area contributed by atoms with E-state index >= 15 is 0 Å². The lowest BCUT2D eigenvalue weighted by molar-refractivity contribution is -0.149. The van der Waals surface area contributed by atoms with Crippen molar-refractivity contribution in [1.82, 2.24) is 14.5 Å². The highest BCUT2D eigenvalue weighted by Crippen LogP contribution is 2.18. The molecule has 2 N–H and O–H groups in total. The van der Waals surface area contributed by atoms with Crippen LogP contribution in [0.1, 0.15) is 11.4 Å². The summed E-state index contributed by atoms with van der Waals surface area (Å²) < 4.78 is 32.0. The van der Waals surface area contributed by atoms with Crippen molar-refractivity contribution in [2.24, 2.45) is 7.05 Å². The van der Waals surface area contributed by atoms with Crippen LogP contribution in [0.5, 0.6) is 0 Å². The molecule has 0 aromatic carbocycles. The first-order valence-corrected chi connectivity index (χ1v) is 6.94. The molecule has 0 spiro atoms. The van der Waals surface area contributed by atoms with Gasteiger partial charge >= 0.3 is 5.97 Å². The molecule has 108 valence electrons. The van der Waals surface area contributed by atoms with Crippen molar-refractivity contribution >= 4 is 16.0 Å². The van der Waals surface area contributed by atoms with Crippen LogP contribution in [-0.4, -0.2) is 49.0 Å². The number of esters is 1. The second-order valence-corrected chi connectivity index (χ2v) is 5.72. The Hall–Kier alpha value is -1.45. The Bertz CT molecular complexity index is 578. The smallest absolute Gasteiger partial charge is 0.336 e. The van der Waals surface area contributed by atoms with Crippen LogP contribution in [0.2, 0.25) is 0 Å². The Kier molecular flexibility index (Phi) is 4.66. The van der Waals surface area contributed by atoms with Crippen LogP contribution >= 0.6 is 0 Å². The number of carbonyl (C=O) groups is 1. The molecular weight excluding hydrogens is 274 g/mol. The zero-order valence-corrected chi connectivity index (χ0v) is 12.0. The number of aliphatic hydroxyl groups is 1. The third-order valence-corrected chi connectivity index (χ3v) is 4.33. The van der Waals surface area contributed by atoms with Crippen molar-refractivity contribution in [1.29, 1.82) is 0 Å². The second-order valence-electron chi connectivity index (χ2n) is 4.01. The quantitative estimate of drug-likeness (QED) is 0.663. The Morgan fingerprint density at radius 3 is 2.53 bits per heavy atom. The minimum absolute atomic E-state index is 0.0482.